The van der Waals surface area contributed by atoms with Gasteiger partial charge in [-0.2, -0.15) is 23.5 Å². The summed E-state index contributed by atoms with van der Waals surface area (Å²) in [6.45, 7) is 15.4. The van der Waals surface area contributed by atoms with Gasteiger partial charge in [-0.25, -0.2) is 0 Å². The number of aryl methyl sites for hydroxylation is 1. The van der Waals surface area contributed by atoms with Crippen molar-refractivity contribution in [2.24, 2.45) is 46.4 Å². The molecule has 2 heterocycles. The molecular formula is C88H144N20O18S2. The van der Waals surface area contributed by atoms with Crippen molar-refractivity contribution in [3.63, 3.8) is 0 Å². The van der Waals surface area contributed by atoms with Crippen molar-refractivity contribution in [1.29, 1.82) is 0 Å². The number of rotatable bonds is 60. The fourth-order valence-corrected chi connectivity index (χ4v) is 15.8. The van der Waals surface area contributed by atoms with E-state index in [4.69, 9.17) is 28.7 Å². The van der Waals surface area contributed by atoms with Gasteiger partial charge in [0, 0.05) is 25.9 Å². The number of hydrogen-bond donors (Lipinski definition) is 19. The molecule has 2 aromatic carbocycles. The summed E-state index contributed by atoms with van der Waals surface area (Å²) in [6.07, 6.45) is 6.00. The molecule has 0 saturated carbocycles. The predicted molar refractivity (Wildman–Crippen MR) is 489 cm³/mol. The molecule has 2 aliphatic rings. The zero-order valence-corrected chi connectivity index (χ0v) is 77.9. The summed E-state index contributed by atoms with van der Waals surface area (Å²) < 4.78 is 0. The molecule has 24 N–H and O–H groups in total. The molecule has 38 nitrogen and oxygen atoms in total. The summed E-state index contributed by atoms with van der Waals surface area (Å²) >= 11 is 2.89. The topological polar surface area (TPSA) is 603 Å². The first kappa shape index (κ1) is 110. The van der Waals surface area contributed by atoms with E-state index in [0.29, 0.717) is 80.3 Å². The van der Waals surface area contributed by atoms with Crippen LogP contribution < -0.4 is 97.8 Å². The Labute approximate surface area is 760 Å². The lowest BCUT2D eigenvalue weighted by atomic mass is 9.96. The highest BCUT2D eigenvalue weighted by atomic mass is 32.2. The number of aldehydes is 1. The van der Waals surface area contributed by atoms with Gasteiger partial charge in [0.15, 0.2) is 0 Å². The highest BCUT2D eigenvalue weighted by molar-refractivity contribution is 7.98. The fourth-order valence-electron chi connectivity index (χ4n) is 14.9. The van der Waals surface area contributed by atoms with Crippen LogP contribution in [0.25, 0.3) is 0 Å². The minimum absolute atomic E-state index is 0.00257. The highest BCUT2D eigenvalue weighted by Gasteiger charge is 2.45. The first-order valence-electron chi connectivity index (χ1n) is 44.7. The maximum atomic E-state index is 15.3. The largest absolute Gasteiger partial charge is 0.391 e. The second-order valence-electron chi connectivity index (χ2n) is 34.1. The van der Waals surface area contributed by atoms with E-state index in [-0.39, 0.29) is 122 Å². The van der Waals surface area contributed by atoms with Crippen LogP contribution in [0, 0.1) is 24.7 Å². The number of hydrogen-bond acceptors (Lipinski definition) is 24. The molecule has 128 heavy (non-hydrogen) atoms. The summed E-state index contributed by atoms with van der Waals surface area (Å²) in [5, 5.41) is 45.7. The number of unbranched alkanes of at least 4 members (excludes halogenated alkanes) is 3. The second kappa shape index (κ2) is 58.6. The average molecular weight is 1830 g/mol. The van der Waals surface area contributed by atoms with Crippen molar-refractivity contribution in [2.45, 2.75) is 294 Å². The van der Waals surface area contributed by atoms with Crippen LogP contribution in [0.1, 0.15) is 194 Å². The lowest BCUT2D eigenvalue weighted by Gasteiger charge is -2.32. The van der Waals surface area contributed by atoms with Gasteiger partial charge in [-0.3, -0.25) is 76.7 Å². The monoisotopic (exact) mass is 1830 g/mol. The number of amides is 16. The molecule has 17 atom stereocenters. The van der Waals surface area contributed by atoms with E-state index in [1.54, 1.807) is 74.7 Å². The summed E-state index contributed by atoms with van der Waals surface area (Å²) in [5.41, 5.74) is 31.6. The third-order valence-electron chi connectivity index (χ3n) is 22.3. The Bertz CT molecular complexity index is 3950. The Hall–Kier alpha value is -9.87. The maximum absolute atomic E-state index is 15.3. The number of thioether (sulfide) groups is 2. The van der Waals surface area contributed by atoms with Gasteiger partial charge in [-0.1, -0.05) is 108 Å². The van der Waals surface area contributed by atoms with Crippen molar-refractivity contribution in [3.8, 4) is 0 Å². The second-order valence-corrected chi connectivity index (χ2v) is 36.0. The number of likely N-dealkylation sites (tertiary alicyclic amines) is 2. The van der Waals surface area contributed by atoms with Crippen LogP contribution in [-0.4, -0.2) is 276 Å². The smallest absolute Gasteiger partial charge is 0.246 e. The van der Waals surface area contributed by atoms with Crippen molar-refractivity contribution in [1.82, 2.24) is 78.9 Å². The van der Waals surface area contributed by atoms with E-state index in [2.05, 4.69) is 69.1 Å². The molecule has 716 valence electrons. The number of carbonyl (C=O) groups excluding carboxylic acids is 17. The quantitative estimate of drug-likeness (QED) is 0.0266. The molecule has 2 aromatic rings. The Morgan fingerprint density at radius 2 is 0.906 bits per heavy atom. The lowest BCUT2D eigenvalue weighted by molar-refractivity contribution is -0.145. The molecule has 2 saturated heterocycles. The van der Waals surface area contributed by atoms with Crippen LogP contribution in [0.15, 0.2) is 54.6 Å². The molecule has 0 spiro atoms. The number of primary amides is 1. The standard InChI is InChI=1S/C88H144N20O18S2/c1-12-54(7)73(105-80(118)64(36-43-128-11)97-72(112)49-94-77(115)61(26-16-19-37-89)98-75(113)55(8)95-81(119)65(45-52(4)5)101-76(114)60(92)35-42-127-10)85(123)100-63(28-18-21-39-91)78(116)99-62(27-17-20-38-90)79(117)103-67(47-57-24-14-13-15-25-57)87(125)107-40-23-30-70(107)84(122)104-68(48-71(93)111)88(126)108-41-22-29-69(108)83(121)102-66(46-58-33-31-53(6)32-34-58)82(120)106-74(56(9)110)86(124)96-59(50-109)44-51(2)3/h13-15,24-25,31-34,50-52,54-56,59-70,73-74,110H,12,16-23,26-30,35-49,89-92H2,1-11H3,(H2,93,111)(H,94,115)(H,95,119)(H,96,124)(H,97,112)(H,98,113)(H,99,116)(H,100,123)(H,101,114)(H,102,121)(H,103,117)(H,104,122)(H,105,118)(H,106,120)/t54-,55+,56+,59+,60+,61-,62-,63+,64-,65+,66-,67+,68-,69+,70+,73-,74-/m1/s1. The van der Waals surface area contributed by atoms with E-state index in [1.165, 1.54) is 42.3 Å². The zero-order chi connectivity index (χ0) is 95.3. The van der Waals surface area contributed by atoms with Gasteiger partial charge in [0.05, 0.1) is 31.2 Å². The van der Waals surface area contributed by atoms with Gasteiger partial charge in [0.2, 0.25) is 94.5 Å². The number of aliphatic hydroxyl groups is 1. The lowest BCUT2D eigenvalue weighted by Crippen LogP contribution is -2.61. The van der Waals surface area contributed by atoms with Crippen LogP contribution >= 0.6 is 23.5 Å². The number of nitrogens with one attached hydrogen (secondary N) is 13. The van der Waals surface area contributed by atoms with Crippen molar-refractivity contribution in [2.75, 3.05) is 63.3 Å². The molecule has 0 aromatic heterocycles. The Kier molecular flexibility index (Phi) is 50.6. The number of benzene rings is 2. The molecule has 4 rings (SSSR count). The first-order valence-corrected chi connectivity index (χ1v) is 47.5. The summed E-state index contributed by atoms with van der Waals surface area (Å²) in [7, 11) is 0. The van der Waals surface area contributed by atoms with Crippen LogP contribution in [0.5, 0.6) is 0 Å². The van der Waals surface area contributed by atoms with E-state index in [1.807, 2.05) is 40.9 Å². The van der Waals surface area contributed by atoms with Crippen LogP contribution in [0.4, 0.5) is 0 Å². The molecule has 2 fully saturated rings. The van der Waals surface area contributed by atoms with Crippen molar-refractivity contribution in [3.05, 3.63) is 71.3 Å². The third-order valence-corrected chi connectivity index (χ3v) is 23.6. The first-order chi connectivity index (χ1) is 60.8. The highest BCUT2D eigenvalue weighted by Crippen LogP contribution is 2.25. The predicted octanol–water partition coefficient (Wildman–Crippen LogP) is -1.47. The molecule has 2 aliphatic heterocycles. The summed E-state index contributed by atoms with van der Waals surface area (Å²) in [4.78, 5) is 242. The van der Waals surface area contributed by atoms with E-state index in [0.717, 1.165) is 10.5 Å². The molecule has 16 amide bonds. The molecule has 0 aliphatic carbocycles. The molecule has 0 bridgehead atoms. The Balaban J connectivity index is 1.57. The average Bonchev–Trinajstić information content (AvgIpc) is 1.63. The van der Waals surface area contributed by atoms with Crippen molar-refractivity contribution >= 4 is 124 Å². The van der Waals surface area contributed by atoms with Gasteiger partial charge in [0.25, 0.3) is 0 Å². The Morgan fingerprint density at radius 3 is 1.41 bits per heavy atom. The Morgan fingerprint density at radius 1 is 0.469 bits per heavy atom. The zero-order valence-electron chi connectivity index (χ0n) is 76.2. The normalized spacial score (nSPS) is 17.2. The van der Waals surface area contributed by atoms with Crippen LogP contribution in [-0.2, 0) is 94.3 Å². The van der Waals surface area contributed by atoms with Gasteiger partial charge >= 0.3 is 0 Å². The minimum Gasteiger partial charge on any atom is -0.391 e. The summed E-state index contributed by atoms with van der Waals surface area (Å²) in [5.74, 6) is -12.3. The summed E-state index contributed by atoms with van der Waals surface area (Å²) in [6, 6.07) is -3.51. The number of nitrogens with two attached hydrogens (primary N) is 5. The third kappa shape index (κ3) is 38.4. The fraction of sp³-hybridized carbons (Fsp3) is 0.670. The molecular weight excluding hydrogens is 1690 g/mol. The molecule has 40 heteroatoms. The van der Waals surface area contributed by atoms with Crippen LogP contribution in [0.3, 0.4) is 0 Å². The maximum Gasteiger partial charge on any atom is 0.246 e. The number of aliphatic hydroxyl groups excluding tert-OH is 1. The van der Waals surface area contributed by atoms with Gasteiger partial charge in [-0.05, 0) is 202 Å². The van der Waals surface area contributed by atoms with E-state index >= 15 is 9.59 Å². The van der Waals surface area contributed by atoms with Crippen molar-refractivity contribution < 1.29 is 86.6 Å². The van der Waals surface area contributed by atoms with E-state index in [9.17, 15) is 77.0 Å². The number of nitrogens with zero attached hydrogens (tertiary/aromatic N) is 2. The van der Waals surface area contributed by atoms with Gasteiger partial charge in [-0.15, -0.1) is 0 Å². The van der Waals surface area contributed by atoms with Gasteiger partial charge < -0.3 is 117 Å². The SMILES string of the molecule is CC[C@@H](C)[C@@H](NC(=O)[C@@H](CCSC)NC(=O)CNC(=O)[C@@H](CCCCN)NC(=O)[C@H](C)NC(=O)[C@H](CC(C)C)NC(=O)[C@@H](N)CCSC)C(=O)N[C@@H](CCCCN)C(=O)N[C@H](CCCCN)C(=O)N[C@@H](Cc1ccccc1)C(=O)N1CCC[C@H]1C(=O)N[C@H](CC(N)=O)C(=O)N1CCC[C@H]1C(=O)N[C@H](Cc1ccc(C)cc1)C(=O)N[C@@H](C(=O)N[C@H](C=O)CC(C)C)[C@H](C)O. The minimum atomic E-state index is -1.68. The number of carbonyl (C=O) groups is 17. The van der Waals surface area contributed by atoms with Gasteiger partial charge in [0.1, 0.15) is 84.8 Å². The molecule has 0 unspecified atom stereocenters. The van der Waals surface area contributed by atoms with E-state index < -0.39 is 210 Å². The van der Waals surface area contributed by atoms with Crippen LogP contribution in [0.2, 0.25) is 0 Å². The molecule has 0 radical (unpaired) electrons.